The van der Waals surface area contributed by atoms with Crippen molar-refractivity contribution in [2.24, 2.45) is 5.92 Å². The third kappa shape index (κ3) is 4.32. The van der Waals surface area contributed by atoms with Crippen molar-refractivity contribution in [3.63, 3.8) is 0 Å². The topological polar surface area (TPSA) is 76.9 Å². The number of benzene rings is 1. The van der Waals surface area contributed by atoms with Crippen LogP contribution in [0.15, 0.2) is 12.1 Å². The Kier molecular flexibility index (Phi) is 6.49. The highest BCUT2D eigenvalue weighted by molar-refractivity contribution is 5.71. The number of hydrogen-bond donors (Lipinski definition) is 1. The average Bonchev–Trinajstić information content (AvgIpc) is 3.18. The van der Waals surface area contributed by atoms with Crippen LogP contribution in [0.4, 0.5) is 21.5 Å². The summed E-state index contributed by atoms with van der Waals surface area (Å²) in [6.45, 7) is 1.32. The van der Waals surface area contributed by atoms with Crippen LogP contribution in [0.2, 0.25) is 0 Å². The van der Waals surface area contributed by atoms with Gasteiger partial charge in [0.1, 0.15) is 0 Å². The molecule has 1 aromatic rings. The van der Waals surface area contributed by atoms with E-state index in [0.717, 1.165) is 38.5 Å². The van der Waals surface area contributed by atoms with Crippen molar-refractivity contribution in [3.8, 4) is 0 Å². The van der Waals surface area contributed by atoms with Crippen LogP contribution in [-0.4, -0.2) is 44.6 Å². The van der Waals surface area contributed by atoms with Crippen LogP contribution in [0.1, 0.15) is 38.5 Å². The molecule has 27 heavy (non-hydrogen) atoms. The summed E-state index contributed by atoms with van der Waals surface area (Å²) < 4.78 is 25.9. The average molecular weight is 381 g/mol. The largest absolute Gasteiger partial charge is 0.374 e. The van der Waals surface area contributed by atoms with E-state index in [1.165, 1.54) is 12.1 Å². The quantitative estimate of drug-likeness (QED) is 0.438. The van der Waals surface area contributed by atoms with E-state index in [9.17, 15) is 10.1 Å². The van der Waals surface area contributed by atoms with Gasteiger partial charge in [-0.2, -0.15) is 0 Å². The lowest BCUT2D eigenvalue weighted by Crippen LogP contribution is -2.39. The molecule has 1 saturated heterocycles. The monoisotopic (exact) mass is 381 g/mol. The maximum absolute atomic E-state index is 15.3. The van der Waals surface area contributed by atoms with Crippen LogP contribution in [-0.2, 0) is 9.47 Å². The molecule has 1 aliphatic heterocycles. The zero-order valence-electron chi connectivity index (χ0n) is 15.9. The Labute approximate surface area is 159 Å². The predicted molar refractivity (Wildman–Crippen MR) is 102 cm³/mol. The molecule has 1 N–H and O–H groups in total. The Balaban J connectivity index is 1.79. The van der Waals surface area contributed by atoms with Gasteiger partial charge in [0, 0.05) is 45.3 Å². The van der Waals surface area contributed by atoms with Gasteiger partial charge in [0.15, 0.2) is 17.8 Å². The highest BCUT2D eigenvalue weighted by Crippen LogP contribution is 2.38. The third-order valence-corrected chi connectivity index (χ3v) is 5.73. The van der Waals surface area contributed by atoms with Crippen LogP contribution in [0.3, 0.4) is 0 Å². The Hall–Kier alpha value is -1.93. The second kappa shape index (κ2) is 8.84. The summed E-state index contributed by atoms with van der Waals surface area (Å²) >= 11 is 0. The lowest BCUT2D eigenvalue weighted by Gasteiger charge is -2.36. The fourth-order valence-corrected chi connectivity index (χ4v) is 4.26. The first-order valence-corrected chi connectivity index (χ1v) is 9.59. The van der Waals surface area contributed by atoms with E-state index in [0.29, 0.717) is 18.8 Å². The molecule has 2 aliphatic rings. The SMILES string of the molecule is COC(OC)C1CCN(c2ccc([N+](=O)[O-])c(NC3CCCC3)c2F)CC1. The first-order chi connectivity index (χ1) is 13.0. The standard InChI is InChI=1S/C19H28FN3O4/c1-26-19(27-2)13-9-11-22(12-10-13)15-7-8-16(23(24)25)18(17(15)20)21-14-5-3-4-6-14/h7-8,13-14,19,21H,3-6,9-12H2,1-2H3. The van der Waals surface area contributed by atoms with Crippen molar-refractivity contribution in [1.82, 2.24) is 0 Å². The molecule has 0 bridgehead atoms. The molecule has 7 nitrogen and oxygen atoms in total. The molecule has 0 spiro atoms. The Morgan fingerprint density at radius 2 is 1.81 bits per heavy atom. The number of anilines is 2. The summed E-state index contributed by atoms with van der Waals surface area (Å²) in [6, 6.07) is 3.04. The van der Waals surface area contributed by atoms with Gasteiger partial charge in [-0.1, -0.05) is 12.8 Å². The number of ether oxygens (including phenoxy) is 2. The molecular formula is C19H28FN3O4. The molecule has 0 atom stereocenters. The number of methoxy groups -OCH3 is 2. The van der Waals surface area contributed by atoms with E-state index in [2.05, 4.69) is 5.32 Å². The second-order valence-corrected chi connectivity index (χ2v) is 7.34. The number of nitro groups is 1. The minimum Gasteiger partial charge on any atom is -0.374 e. The van der Waals surface area contributed by atoms with E-state index < -0.39 is 10.7 Å². The number of rotatable bonds is 7. The van der Waals surface area contributed by atoms with Crippen molar-refractivity contribution in [3.05, 3.63) is 28.1 Å². The molecule has 0 radical (unpaired) electrons. The number of nitrogens with zero attached hydrogens (tertiary/aromatic N) is 2. The van der Waals surface area contributed by atoms with Crippen molar-refractivity contribution in [1.29, 1.82) is 0 Å². The van der Waals surface area contributed by atoms with Crippen LogP contribution in [0.5, 0.6) is 0 Å². The lowest BCUT2D eigenvalue weighted by molar-refractivity contribution is -0.384. The van der Waals surface area contributed by atoms with Gasteiger partial charge < -0.3 is 19.7 Å². The van der Waals surface area contributed by atoms with Gasteiger partial charge in [0.2, 0.25) is 0 Å². The molecule has 1 aliphatic carbocycles. The fourth-order valence-electron chi connectivity index (χ4n) is 4.26. The highest BCUT2D eigenvalue weighted by Gasteiger charge is 2.31. The van der Waals surface area contributed by atoms with Crippen LogP contribution in [0, 0.1) is 21.8 Å². The predicted octanol–water partition coefficient (Wildman–Crippen LogP) is 3.92. The van der Waals surface area contributed by atoms with Crippen LogP contribution < -0.4 is 10.2 Å². The maximum Gasteiger partial charge on any atom is 0.295 e. The van der Waals surface area contributed by atoms with Gasteiger partial charge in [-0.05, 0) is 31.7 Å². The smallest absolute Gasteiger partial charge is 0.295 e. The third-order valence-electron chi connectivity index (χ3n) is 5.73. The van der Waals surface area contributed by atoms with Crippen molar-refractivity contribution < 1.29 is 18.8 Å². The number of hydrogen-bond acceptors (Lipinski definition) is 6. The zero-order chi connectivity index (χ0) is 19.4. The van der Waals surface area contributed by atoms with Crippen molar-refractivity contribution >= 4 is 17.1 Å². The zero-order valence-corrected chi connectivity index (χ0v) is 15.9. The molecular weight excluding hydrogens is 353 g/mol. The minimum absolute atomic E-state index is 0.0261. The van der Waals surface area contributed by atoms with Gasteiger partial charge in [-0.15, -0.1) is 0 Å². The second-order valence-electron chi connectivity index (χ2n) is 7.34. The Morgan fingerprint density at radius 3 is 2.37 bits per heavy atom. The van der Waals surface area contributed by atoms with Crippen molar-refractivity contribution in [2.45, 2.75) is 50.9 Å². The molecule has 2 fully saturated rings. The van der Waals surface area contributed by atoms with E-state index >= 15 is 4.39 Å². The summed E-state index contributed by atoms with van der Waals surface area (Å²) in [4.78, 5) is 12.8. The normalized spacial score (nSPS) is 19.0. The molecule has 0 amide bonds. The summed E-state index contributed by atoms with van der Waals surface area (Å²) in [5, 5.41) is 14.5. The van der Waals surface area contributed by atoms with Gasteiger partial charge in [0.05, 0.1) is 10.6 Å². The molecule has 0 unspecified atom stereocenters. The fraction of sp³-hybridized carbons (Fsp3) is 0.684. The first kappa shape index (κ1) is 19.8. The highest BCUT2D eigenvalue weighted by atomic mass is 19.1. The minimum atomic E-state index is -0.524. The van der Waals surface area contributed by atoms with E-state index in [4.69, 9.17) is 9.47 Å². The van der Waals surface area contributed by atoms with Gasteiger partial charge in [-0.25, -0.2) is 4.39 Å². The number of piperidine rings is 1. The molecule has 8 heteroatoms. The van der Waals surface area contributed by atoms with E-state index in [1.807, 2.05) is 4.90 Å². The number of halogens is 1. The Bertz CT molecular complexity index is 655. The molecule has 1 saturated carbocycles. The molecule has 3 rings (SSSR count). The van der Waals surface area contributed by atoms with Crippen molar-refractivity contribution in [2.75, 3.05) is 37.5 Å². The van der Waals surface area contributed by atoms with Gasteiger partial charge in [0.25, 0.3) is 5.69 Å². The van der Waals surface area contributed by atoms with Crippen LogP contribution in [0.25, 0.3) is 0 Å². The molecule has 150 valence electrons. The summed E-state index contributed by atoms with van der Waals surface area (Å²) in [6.07, 6.45) is 5.35. The summed E-state index contributed by atoms with van der Waals surface area (Å²) in [5.74, 6) is -0.266. The van der Waals surface area contributed by atoms with E-state index in [-0.39, 0.29) is 29.6 Å². The summed E-state index contributed by atoms with van der Waals surface area (Å²) in [7, 11) is 3.25. The number of nitrogens with one attached hydrogen (secondary N) is 1. The molecule has 1 heterocycles. The lowest BCUT2D eigenvalue weighted by atomic mass is 9.95. The summed E-state index contributed by atoms with van der Waals surface area (Å²) in [5.41, 5.74) is 0.251. The molecule has 1 aromatic carbocycles. The Morgan fingerprint density at radius 1 is 1.19 bits per heavy atom. The molecule has 0 aromatic heterocycles. The van der Waals surface area contributed by atoms with E-state index in [1.54, 1.807) is 14.2 Å². The number of nitro benzene ring substituents is 1. The van der Waals surface area contributed by atoms with Gasteiger partial charge >= 0.3 is 0 Å². The maximum atomic E-state index is 15.3. The first-order valence-electron chi connectivity index (χ1n) is 9.59. The van der Waals surface area contributed by atoms with Gasteiger partial charge in [-0.3, -0.25) is 10.1 Å². The van der Waals surface area contributed by atoms with Crippen LogP contribution >= 0.6 is 0 Å².